The third-order valence-corrected chi connectivity index (χ3v) is 14.3. The fourth-order valence-electron chi connectivity index (χ4n) is 8.45. The van der Waals surface area contributed by atoms with Gasteiger partial charge in [0.25, 0.3) is 0 Å². The summed E-state index contributed by atoms with van der Waals surface area (Å²) < 4.78 is 0. The van der Waals surface area contributed by atoms with Gasteiger partial charge >= 0.3 is 0 Å². The Hall–Kier alpha value is -6.42. The molecule has 0 bridgehead atoms. The van der Waals surface area contributed by atoms with Crippen LogP contribution in [0.3, 0.4) is 0 Å². The Bertz CT molecular complexity index is 2840. The molecule has 0 atom stereocenters. The Morgan fingerprint density at radius 2 is 0.774 bits per heavy atom. The van der Waals surface area contributed by atoms with Crippen molar-refractivity contribution in [3.05, 3.63) is 182 Å². The van der Waals surface area contributed by atoms with E-state index in [2.05, 4.69) is 195 Å². The molecule has 250 valence electrons. The maximum Gasteiger partial charge on any atom is 0.159 e. The fourth-order valence-corrected chi connectivity index (χ4v) is 11.7. The highest BCUT2D eigenvalue weighted by Gasteiger charge is 2.44. The lowest BCUT2D eigenvalue weighted by Gasteiger charge is -2.21. The first-order valence-corrected chi connectivity index (χ1v) is 21.3. The summed E-state index contributed by atoms with van der Waals surface area (Å²) >= 11 is 0. The van der Waals surface area contributed by atoms with Gasteiger partial charge in [-0.1, -0.05) is 183 Å². The smallest absolute Gasteiger partial charge is 0.159 e. The van der Waals surface area contributed by atoms with Gasteiger partial charge in [0.15, 0.2) is 5.82 Å². The van der Waals surface area contributed by atoms with E-state index in [1.54, 1.807) is 0 Å². The second-order valence-corrected chi connectivity index (χ2v) is 18.8. The summed E-state index contributed by atoms with van der Waals surface area (Å²) in [5.41, 5.74) is 12.8. The molecule has 9 aromatic rings. The summed E-state index contributed by atoms with van der Waals surface area (Å²) in [6.07, 6.45) is 0. The largest absolute Gasteiger partial charge is 0.237 e. The van der Waals surface area contributed by atoms with Crippen LogP contribution >= 0.6 is 0 Å². The molecule has 3 heteroatoms. The lowest BCUT2D eigenvalue weighted by atomic mass is 9.91. The van der Waals surface area contributed by atoms with Crippen molar-refractivity contribution in [2.24, 2.45) is 0 Å². The molecule has 2 heterocycles. The van der Waals surface area contributed by atoms with Crippen molar-refractivity contribution in [3.8, 4) is 67.2 Å². The lowest BCUT2D eigenvalue weighted by Crippen LogP contribution is -2.51. The van der Waals surface area contributed by atoms with Gasteiger partial charge < -0.3 is 0 Å². The van der Waals surface area contributed by atoms with Crippen LogP contribution < -0.4 is 10.5 Å². The van der Waals surface area contributed by atoms with Crippen LogP contribution in [0.15, 0.2) is 182 Å². The van der Waals surface area contributed by atoms with Crippen LogP contribution in [-0.2, 0) is 0 Å². The van der Waals surface area contributed by atoms with E-state index in [1.807, 2.05) is 0 Å². The van der Waals surface area contributed by atoms with Gasteiger partial charge in [-0.05, 0) is 77.8 Å². The summed E-state index contributed by atoms with van der Waals surface area (Å²) in [6, 6.07) is 65.6. The van der Waals surface area contributed by atoms with Crippen LogP contribution in [-0.4, -0.2) is 18.0 Å². The predicted octanol–water partition coefficient (Wildman–Crippen LogP) is 11.9. The van der Waals surface area contributed by atoms with Crippen molar-refractivity contribution >= 4 is 40.1 Å². The van der Waals surface area contributed by atoms with Crippen LogP contribution in [0.2, 0.25) is 13.1 Å². The van der Waals surface area contributed by atoms with Gasteiger partial charge in [-0.3, -0.25) is 0 Å². The summed E-state index contributed by atoms with van der Waals surface area (Å²) in [7, 11) is -2.29. The number of fused-ring (bicyclic) bond motifs is 8. The van der Waals surface area contributed by atoms with Crippen molar-refractivity contribution in [2.75, 3.05) is 0 Å². The molecule has 0 fully saturated rings. The van der Waals surface area contributed by atoms with Gasteiger partial charge in [0, 0.05) is 22.0 Å². The zero-order chi connectivity index (χ0) is 35.5. The van der Waals surface area contributed by atoms with Crippen LogP contribution in [0.5, 0.6) is 0 Å². The van der Waals surface area contributed by atoms with E-state index in [-0.39, 0.29) is 0 Å². The van der Waals surface area contributed by atoms with Crippen molar-refractivity contribution in [2.45, 2.75) is 13.1 Å². The zero-order valence-corrected chi connectivity index (χ0v) is 30.7. The molecule has 0 N–H and O–H groups in total. The van der Waals surface area contributed by atoms with E-state index in [9.17, 15) is 0 Å². The molecule has 1 aliphatic rings. The van der Waals surface area contributed by atoms with Crippen LogP contribution in [0, 0.1) is 0 Å². The average Bonchev–Trinajstić information content (AvgIpc) is 3.48. The highest BCUT2D eigenvalue weighted by Crippen LogP contribution is 2.43. The van der Waals surface area contributed by atoms with E-state index in [0.29, 0.717) is 0 Å². The minimum atomic E-state index is -2.29. The zero-order valence-electron chi connectivity index (χ0n) is 29.7. The first kappa shape index (κ1) is 31.3. The van der Waals surface area contributed by atoms with Crippen LogP contribution in [0.1, 0.15) is 0 Å². The quantitative estimate of drug-likeness (QED) is 0.133. The summed E-state index contributed by atoms with van der Waals surface area (Å²) in [5.74, 6) is 0.785. The fraction of sp³-hybridized carbons (Fsp3) is 0.0400. The van der Waals surface area contributed by atoms with Gasteiger partial charge in [0.05, 0.1) is 5.69 Å². The predicted molar refractivity (Wildman–Crippen MR) is 226 cm³/mol. The Morgan fingerprint density at radius 3 is 1.42 bits per heavy atom. The standard InChI is InChI=1S/C50H36N2Si/c1-53(2)48-44-26-12-10-24-42(44)41-23-9-11-25-43(41)45(48)46-47(51-49(52-50(46)53)36-17-7-4-8-18-36)40-22-14-21-39(32-40)38-20-13-19-37(31-38)35-29-27-34(28-30-35)33-15-5-3-6-16-33/h3-32H,1-2H3. The highest BCUT2D eigenvalue weighted by atomic mass is 28.3. The summed E-state index contributed by atoms with van der Waals surface area (Å²) in [5, 5.41) is 7.88. The Morgan fingerprint density at radius 1 is 0.340 bits per heavy atom. The monoisotopic (exact) mass is 692 g/mol. The number of hydrogen-bond donors (Lipinski definition) is 0. The molecule has 0 aliphatic carbocycles. The third kappa shape index (κ3) is 5.15. The van der Waals surface area contributed by atoms with E-state index in [1.165, 1.54) is 71.0 Å². The topological polar surface area (TPSA) is 25.8 Å². The van der Waals surface area contributed by atoms with Crippen LogP contribution in [0.25, 0.3) is 88.7 Å². The number of hydrogen-bond acceptors (Lipinski definition) is 2. The maximum atomic E-state index is 5.49. The van der Waals surface area contributed by atoms with E-state index >= 15 is 0 Å². The van der Waals surface area contributed by atoms with Gasteiger partial charge in [-0.2, -0.15) is 0 Å². The Balaban J connectivity index is 1.16. The molecule has 0 amide bonds. The molecule has 10 rings (SSSR count). The minimum Gasteiger partial charge on any atom is -0.237 e. The molecule has 8 aromatic carbocycles. The van der Waals surface area contributed by atoms with Gasteiger partial charge in [-0.15, -0.1) is 0 Å². The summed E-state index contributed by atoms with van der Waals surface area (Å²) in [4.78, 5) is 11.0. The van der Waals surface area contributed by atoms with Crippen LogP contribution in [0.4, 0.5) is 0 Å². The van der Waals surface area contributed by atoms with Gasteiger partial charge in [0.1, 0.15) is 8.07 Å². The van der Waals surface area contributed by atoms with E-state index in [0.717, 1.165) is 28.2 Å². The molecule has 0 saturated carbocycles. The molecule has 0 spiro atoms. The molecular weight excluding hydrogens is 657 g/mol. The van der Waals surface area contributed by atoms with Crippen molar-refractivity contribution in [1.82, 2.24) is 9.97 Å². The highest BCUT2D eigenvalue weighted by molar-refractivity contribution is 7.05. The Labute approximate surface area is 311 Å². The van der Waals surface area contributed by atoms with Crippen molar-refractivity contribution < 1.29 is 0 Å². The van der Waals surface area contributed by atoms with Gasteiger partial charge in [-0.25, -0.2) is 9.97 Å². The van der Waals surface area contributed by atoms with E-state index in [4.69, 9.17) is 9.97 Å². The molecule has 0 saturated heterocycles. The second-order valence-electron chi connectivity index (χ2n) is 14.6. The normalized spacial score (nSPS) is 12.9. The molecule has 0 radical (unpaired) electrons. The average molecular weight is 693 g/mol. The molecule has 1 aromatic heterocycles. The molecule has 2 nitrogen and oxygen atoms in total. The SMILES string of the molecule is C[Si]1(C)c2nc(-c3ccccc3)nc(-c3cccc(-c4cccc(-c5ccc(-c6ccccc6)cc5)c4)c3)c2-c2c1c1ccccc1c1ccccc21. The first-order chi connectivity index (χ1) is 26.0. The second kappa shape index (κ2) is 12.4. The van der Waals surface area contributed by atoms with Crippen molar-refractivity contribution in [1.29, 1.82) is 0 Å². The van der Waals surface area contributed by atoms with Gasteiger partial charge in [0.2, 0.25) is 0 Å². The minimum absolute atomic E-state index is 0.785. The number of aromatic nitrogens is 2. The molecular formula is C50H36N2Si. The molecule has 0 unspecified atom stereocenters. The molecule has 1 aliphatic heterocycles. The first-order valence-electron chi connectivity index (χ1n) is 18.3. The maximum absolute atomic E-state index is 5.49. The Kier molecular flexibility index (Phi) is 7.31. The third-order valence-electron chi connectivity index (χ3n) is 11.0. The lowest BCUT2D eigenvalue weighted by molar-refractivity contribution is 1.21. The van der Waals surface area contributed by atoms with Crippen molar-refractivity contribution in [3.63, 3.8) is 0 Å². The number of rotatable bonds is 5. The van der Waals surface area contributed by atoms with E-state index < -0.39 is 8.07 Å². The summed E-state index contributed by atoms with van der Waals surface area (Å²) in [6.45, 7) is 4.94. The number of nitrogens with zero attached hydrogens (tertiary/aromatic N) is 2. The molecule has 53 heavy (non-hydrogen) atoms. The number of benzene rings is 8.